The van der Waals surface area contributed by atoms with E-state index in [1.807, 2.05) is 0 Å². The molecule has 0 spiro atoms. The number of amides is 1. The molecule has 0 atom stereocenters. The predicted molar refractivity (Wildman–Crippen MR) is 73.9 cm³/mol. The fourth-order valence-electron chi connectivity index (χ4n) is 1.84. The zero-order valence-corrected chi connectivity index (χ0v) is 11.3. The first-order valence-electron chi connectivity index (χ1n) is 6.29. The number of anilines is 1. The van der Waals surface area contributed by atoms with Crippen LogP contribution in [0.4, 0.5) is 10.5 Å². The first-order chi connectivity index (χ1) is 10.1. The lowest BCUT2D eigenvalue weighted by molar-refractivity contribution is -0.136. The average Bonchev–Trinajstić information content (AvgIpc) is 2.45. The van der Waals surface area contributed by atoms with Crippen LogP contribution in [-0.2, 0) is 16.0 Å². The topological polar surface area (TPSA) is 94.1 Å². The van der Waals surface area contributed by atoms with E-state index in [1.165, 1.54) is 12.1 Å². The van der Waals surface area contributed by atoms with Gasteiger partial charge in [-0.1, -0.05) is 12.7 Å². The van der Waals surface area contributed by atoms with Gasteiger partial charge in [0, 0.05) is 6.07 Å². The van der Waals surface area contributed by atoms with Crippen molar-refractivity contribution >= 4 is 17.7 Å². The number of ether oxygens (including phenoxy) is 3. The highest BCUT2D eigenvalue weighted by Crippen LogP contribution is 2.36. The molecule has 2 N–H and O–H groups in total. The Bertz CT molecular complexity index is 569. The minimum Gasteiger partial charge on any atom is -0.486 e. The fourth-order valence-corrected chi connectivity index (χ4v) is 1.84. The average molecular weight is 293 g/mol. The quantitative estimate of drug-likeness (QED) is 0.804. The molecule has 0 bridgehead atoms. The molecule has 0 saturated carbocycles. The van der Waals surface area contributed by atoms with E-state index in [0.717, 1.165) is 0 Å². The summed E-state index contributed by atoms with van der Waals surface area (Å²) in [5, 5.41) is 11.4. The number of hydrogen-bond donors (Lipinski definition) is 2. The van der Waals surface area contributed by atoms with E-state index in [-0.39, 0.29) is 13.0 Å². The summed E-state index contributed by atoms with van der Waals surface area (Å²) < 4.78 is 15.6. The molecule has 0 aromatic heterocycles. The molecule has 1 amide bonds. The Labute approximate surface area is 121 Å². The van der Waals surface area contributed by atoms with Gasteiger partial charge in [-0.2, -0.15) is 0 Å². The van der Waals surface area contributed by atoms with Crippen molar-refractivity contribution in [3.63, 3.8) is 0 Å². The van der Waals surface area contributed by atoms with E-state index in [9.17, 15) is 9.59 Å². The molecule has 1 heterocycles. The van der Waals surface area contributed by atoms with Crippen molar-refractivity contribution < 1.29 is 28.9 Å². The summed E-state index contributed by atoms with van der Waals surface area (Å²) in [7, 11) is 0. The number of benzene rings is 1. The van der Waals surface area contributed by atoms with Crippen LogP contribution in [0.2, 0.25) is 0 Å². The molecule has 7 nitrogen and oxygen atoms in total. The third-order valence-corrected chi connectivity index (χ3v) is 2.68. The van der Waals surface area contributed by atoms with E-state index >= 15 is 0 Å². The van der Waals surface area contributed by atoms with Crippen molar-refractivity contribution in [2.24, 2.45) is 0 Å². The van der Waals surface area contributed by atoms with Gasteiger partial charge in [-0.05, 0) is 11.6 Å². The standard InChI is InChI=1S/C14H15NO6/c1-2-3-21-14(18)15-10-8-12-11(19-4-5-20-12)6-9(10)7-13(16)17/h2,6,8H,1,3-5,7H2,(H,15,18)(H,16,17). The summed E-state index contributed by atoms with van der Waals surface area (Å²) in [6.45, 7) is 4.29. The molecule has 2 rings (SSSR count). The highest BCUT2D eigenvalue weighted by molar-refractivity contribution is 5.88. The minimum atomic E-state index is -1.02. The number of hydrogen-bond acceptors (Lipinski definition) is 5. The SMILES string of the molecule is C=CCOC(=O)Nc1cc2c(cc1CC(=O)O)OCCO2. The van der Waals surface area contributed by atoms with Crippen molar-refractivity contribution in [1.29, 1.82) is 0 Å². The Hall–Kier alpha value is -2.70. The molecule has 1 aromatic carbocycles. The Balaban J connectivity index is 2.25. The molecule has 112 valence electrons. The molecule has 7 heteroatoms. The van der Waals surface area contributed by atoms with Gasteiger partial charge in [-0.15, -0.1) is 0 Å². The molecule has 0 fully saturated rings. The van der Waals surface area contributed by atoms with Crippen molar-refractivity contribution in [3.8, 4) is 11.5 Å². The lowest BCUT2D eigenvalue weighted by atomic mass is 10.1. The van der Waals surface area contributed by atoms with Gasteiger partial charge in [0.25, 0.3) is 0 Å². The molecule has 1 aliphatic rings. The van der Waals surface area contributed by atoms with E-state index < -0.39 is 12.1 Å². The number of carboxylic acids is 1. The number of carboxylic acid groups (broad SMARTS) is 1. The third kappa shape index (κ3) is 3.88. The van der Waals surface area contributed by atoms with Crippen molar-refractivity contribution in [2.75, 3.05) is 25.1 Å². The summed E-state index contributed by atoms with van der Waals surface area (Å²) in [4.78, 5) is 22.5. The van der Waals surface area contributed by atoms with Gasteiger partial charge in [0.15, 0.2) is 11.5 Å². The molecule has 0 unspecified atom stereocenters. The maximum absolute atomic E-state index is 11.6. The van der Waals surface area contributed by atoms with Crippen LogP contribution in [-0.4, -0.2) is 37.0 Å². The fraction of sp³-hybridized carbons (Fsp3) is 0.286. The van der Waals surface area contributed by atoms with Gasteiger partial charge in [-0.3, -0.25) is 10.1 Å². The van der Waals surface area contributed by atoms with Crippen LogP contribution in [0.5, 0.6) is 11.5 Å². The molecule has 1 aliphatic heterocycles. The predicted octanol–water partition coefficient (Wildman–Crippen LogP) is 1.82. The molecular weight excluding hydrogens is 278 g/mol. The highest BCUT2D eigenvalue weighted by atomic mass is 16.6. The Kier molecular flexibility index (Phi) is 4.65. The van der Waals surface area contributed by atoms with Crippen molar-refractivity contribution in [3.05, 3.63) is 30.4 Å². The van der Waals surface area contributed by atoms with E-state index in [2.05, 4.69) is 11.9 Å². The maximum atomic E-state index is 11.6. The number of nitrogens with one attached hydrogen (secondary N) is 1. The van der Waals surface area contributed by atoms with Crippen LogP contribution in [0.25, 0.3) is 0 Å². The number of carbonyl (C=O) groups is 2. The summed E-state index contributed by atoms with van der Waals surface area (Å²) in [5.74, 6) is -0.105. The smallest absolute Gasteiger partial charge is 0.411 e. The number of rotatable bonds is 5. The summed E-state index contributed by atoms with van der Waals surface area (Å²) in [6.07, 6.45) is 0.480. The lowest BCUT2D eigenvalue weighted by Crippen LogP contribution is -2.19. The summed E-state index contributed by atoms with van der Waals surface area (Å²) in [5.41, 5.74) is 0.720. The molecule has 0 radical (unpaired) electrons. The molecule has 21 heavy (non-hydrogen) atoms. The van der Waals surface area contributed by atoms with Crippen molar-refractivity contribution in [2.45, 2.75) is 6.42 Å². The van der Waals surface area contributed by atoms with Gasteiger partial charge in [0.2, 0.25) is 0 Å². The zero-order valence-electron chi connectivity index (χ0n) is 11.3. The molecule has 0 aliphatic carbocycles. The first-order valence-corrected chi connectivity index (χ1v) is 6.29. The van der Waals surface area contributed by atoms with Gasteiger partial charge in [0.1, 0.15) is 19.8 Å². The third-order valence-electron chi connectivity index (χ3n) is 2.68. The van der Waals surface area contributed by atoms with Crippen LogP contribution in [0, 0.1) is 0 Å². The summed E-state index contributed by atoms with van der Waals surface area (Å²) >= 11 is 0. The first kappa shape index (κ1) is 14.7. The number of fused-ring (bicyclic) bond motifs is 1. The number of carbonyl (C=O) groups excluding carboxylic acids is 1. The number of aliphatic carboxylic acids is 1. The van der Waals surface area contributed by atoms with E-state index in [4.69, 9.17) is 19.3 Å². The van der Waals surface area contributed by atoms with Gasteiger partial charge < -0.3 is 19.3 Å². The second kappa shape index (κ2) is 6.65. The molecular formula is C14H15NO6. The Morgan fingerprint density at radius 3 is 2.62 bits per heavy atom. The maximum Gasteiger partial charge on any atom is 0.411 e. The Morgan fingerprint density at radius 1 is 1.33 bits per heavy atom. The van der Waals surface area contributed by atoms with Crippen molar-refractivity contribution in [1.82, 2.24) is 0 Å². The van der Waals surface area contributed by atoms with Crippen LogP contribution in [0.1, 0.15) is 5.56 Å². The normalized spacial score (nSPS) is 12.4. The Morgan fingerprint density at radius 2 is 2.00 bits per heavy atom. The van der Waals surface area contributed by atoms with Crippen LogP contribution in [0.15, 0.2) is 24.8 Å². The highest BCUT2D eigenvalue weighted by Gasteiger charge is 2.18. The lowest BCUT2D eigenvalue weighted by Gasteiger charge is -2.21. The van der Waals surface area contributed by atoms with Gasteiger partial charge in [-0.25, -0.2) is 4.79 Å². The second-order valence-corrected chi connectivity index (χ2v) is 4.24. The van der Waals surface area contributed by atoms with E-state index in [1.54, 1.807) is 6.07 Å². The van der Waals surface area contributed by atoms with Crippen LogP contribution >= 0.6 is 0 Å². The second-order valence-electron chi connectivity index (χ2n) is 4.24. The van der Waals surface area contributed by atoms with Crippen LogP contribution in [0.3, 0.4) is 0 Å². The zero-order chi connectivity index (χ0) is 15.2. The molecule has 1 aromatic rings. The largest absolute Gasteiger partial charge is 0.486 e. The van der Waals surface area contributed by atoms with Crippen LogP contribution < -0.4 is 14.8 Å². The molecule has 0 saturated heterocycles. The van der Waals surface area contributed by atoms with Gasteiger partial charge in [0.05, 0.1) is 12.1 Å². The van der Waals surface area contributed by atoms with Gasteiger partial charge >= 0.3 is 12.1 Å². The summed E-state index contributed by atoms with van der Waals surface area (Å²) in [6, 6.07) is 3.08. The minimum absolute atomic E-state index is 0.0602. The van der Waals surface area contributed by atoms with E-state index in [0.29, 0.717) is 36.0 Å². The monoisotopic (exact) mass is 293 g/mol.